The van der Waals surface area contributed by atoms with Gasteiger partial charge in [-0.1, -0.05) is 49.0 Å². The predicted octanol–water partition coefficient (Wildman–Crippen LogP) is 3.59. The fourth-order valence-electron chi connectivity index (χ4n) is 2.13. The van der Waals surface area contributed by atoms with Crippen LogP contribution in [0.1, 0.15) is 64.4 Å². The summed E-state index contributed by atoms with van der Waals surface area (Å²) in [6.45, 7) is 9.71. The zero-order chi connectivity index (χ0) is 17.5. The van der Waals surface area contributed by atoms with Gasteiger partial charge in [0.15, 0.2) is 10.2 Å². The maximum Gasteiger partial charge on any atom is 0.239 e. The van der Waals surface area contributed by atoms with Crippen LogP contribution in [0.4, 0.5) is 5.13 Å². The highest BCUT2D eigenvalue weighted by molar-refractivity contribution is 8.01. The van der Waals surface area contributed by atoms with Gasteiger partial charge in [0.2, 0.25) is 16.9 Å². The largest absolute Gasteiger partial charge is 0.338 e. The van der Waals surface area contributed by atoms with E-state index >= 15 is 0 Å². The Morgan fingerprint density at radius 2 is 2.08 bits per heavy atom. The molecular weight excluding hydrogens is 346 g/mol. The molecule has 2 aromatic rings. The van der Waals surface area contributed by atoms with Crippen molar-refractivity contribution < 1.29 is 9.32 Å². The van der Waals surface area contributed by atoms with Crippen molar-refractivity contribution in [3.8, 4) is 0 Å². The van der Waals surface area contributed by atoms with Crippen molar-refractivity contribution in [2.24, 2.45) is 0 Å². The lowest BCUT2D eigenvalue weighted by Gasteiger charge is -2.15. The van der Waals surface area contributed by atoms with E-state index in [1.165, 1.54) is 23.1 Å². The van der Waals surface area contributed by atoms with Crippen LogP contribution in [0.15, 0.2) is 8.86 Å². The van der Waals surface area contributed by atoms with Crippen molar-refractivity contribution in [2.45, 2.75) is 68.5 Å². The van der Waals surface area contributed by atoms with E-state index in [4.69, 9.17) is 4.52 Å². The first-order valence-corrected chi connectivity index (χ1v) is 9.59. The van der Waals surface area contributed by atoms with Gasteiger partial charge in [-0.3, -0.25) is 9.69 Å². The molecular formula is C15H21N5O2S2. The van der Waals surface area contributed by atoms with Gasteiger partial charge in [0, 0.05) is 18.4 Å². The van der Waals surface area contributed by atoms with Gasteiger partial charge in [-0.05, 0) is 19.8 Å². The van der Waals surface area contributed by atoms with Gasteiger partial charge >= 0.3 is 0 Å². The Labute approximate surface area is 149 Å². The molecule has 9 heteroatoms. The van der Waals surface area contributed by atoms with Crippen LogP contribution in [0.3, 0.4) is 0 Å². The molecule has 2 heterocycles. The van der Waals surface area contributed by atoms with E-state index < -0.39 is 0 Å². The summed E-state index contributed by atoms with van der Waals surface area (Å²) in [5, 5.41) is 13.1. The first-order chi connectivity index (χ1) is 11.3. The monoisotopic (exact) mass is 367 g/mol. The predicted molar refractivity (Wildman–Crippen MR) is 93.4 cm³/mol. The lowest BCUT2D eigenvalue weighted by molar-refractivity contribution is -0.116. The number of hydrogen-bond donors (Lipinski definition) is 0. The molecule has 24 heavy (non-hydrogen) atoms. The number of carbonyl (C=O) groups excluding carboxylic acids is 1. The third-order valence-electron chi connectivity index (χ3n) is 3.59. The third-order valence-corrected chi connectivity index (χ3v) is 5.69. The van der Waals surface area contributed by atoms with Crippen LogP contribution in [0.5, 0.6) is 0 Å². The molecule has 130 valence electrons. The molecule has 1 saturated carbocycles. The third kappa shape index (κ3) is 3.77. The van der Waals surface area contributed by atoms with Crippen molar-refractivity contribution in [2.75, 3.05) is 4.90 Å². The Balaban J connectivity index is 1.70. The quantitative estimate of drug-likeness (QED) is 0.589. The van der Waals surface area contributed by atoms with Crippen LogP contribution in [0, 0.1) is 0 Å². The van der Waals surface area contributed by atoms with Gasteiger partial charge in [0.25, 0.3) is 0 Å². The lowest BCUT2D eigenvalue weighted by atomic mass is 9.96. The highest BCUT2D eigenvalue weighted by atomic mass is 32.2. The van der Waals surface area contributed by atoms with Crippen molar-refractivity contribution in [1.82, 2.24) is 20.3 Å². The molecule has 0 saturated heterocycles. The van der Waals surface area contributed by atoms with E-state index in [2.05, 4.69) is 20.3 Å². The van der Waals surface area contributed by atoms with E-state index in [1.54, 1.807) is 11.8 Å². The van der Waals surface area contributed by atoms with Crippen molar-refractivity contribution in [1.29, 1.82) is 0 Å². The molecule has 1 fully saturated rings. The molecule has 2 aromatic heterocycles. The number of carbonyl (C=O) groups is 1. The van der Waals surface area contributed by atoms with E-state index in [1.807, 2.05) is 27.7 Å². The van der Waals surface area contributed by atoms with Crippen LogP contribution in [0.2, 0.25) is 0 Å². The summed E-state index contributed by atoms with van der Waals surface area (Å²) in [4.78, 5) is 18.0. The summed E-state index contributed by atoms with van der Waals surface area (Å²) in [5.41, 5.74) is -0.145. The number of nitrogens with zero attached hydrogens (tertiary/aromatic N) is 5. The summed E-state index contributed by atoms with van der Waals surface area (Å²) < 4.78 is 6.17. The molecule has 0 aliphatic heterocycles. The minimum atomic E-state index is -0.145. The first-order valence-electron chi connectivity index (χ1n) is 7.89. The Hall–Kier alpha value is -1.48. The van der Waals surface area contributed by atoms with Crippen LogP contribution in [0.25, 0.3) is 0 Å². The summed E-state index contributed by atoms with van der Waals surface area (Å²) >= 11 is 2.94. The Kier molecular flexibility index (Phi) is 4.65. The normalized spacial score (nSPS) is 16.2. The topological polar surface area (TPSA) is 85.0 Å². The minimum absolute atomic E-state index is 0.0185. The number of amides is 1. The second-order valence-corrected chi connectivity index (χ2v) is 9.48. The summed E-state index contributed by atoms with van der Waals surface area (Å²) in [7, 11) is 0. The average Bonchev–Trinajstić information content (AvgIpc) is 3.00. The maximum absolute atomic E-state index is 11.8. The minimum Gasteiger partial charge on any atom is -0.338 e. The van der Waals surface area contributed by atoms with Gasteiger partial charge in [-0.2, -0.15) is 4.98 Å². The van der Waals surface area contributed by atoms with Gasteiger partial charge in [0.1, 0.15) is 0 Å². The zero-order valence-electron chi connectivity index (χ0n) is 14.4. The van der Waals surface area contributed by atoms with Crippen LogP contribution in [-0.4, -0.2) is 32.3 Å². The Bertz CT molecular complexity index is 732. The first kappa shape index (κ1) is 17.3. The molecule has 0 bridgehead atoms. The molecule has 1 atom stereocenters. The van der Waals surface area contributed by atoms with Crippen molar-refractivity contribution in [3.05, 3.63) is 11.7 Å². The smallest absolute Gasteiger partial charge is 0.239 e. The van der Waals surface area contributed by atoms with Gasteiger partial charge < -0.3 is 4.52 Å². The van der Waals surface area contributed by atoms with Crippen LogP contribution in [-0.2, 0) is 10.2 Å². The molecule has 1 aliphatic rings. The van der Waals surface area contributed by atoms with Crippen molar-refractivity contribution >= 4 is 34.1 Å². The molecule has 1 aliphatic carbocycles. The molecule has 0 aromatic carbocycles. The van der Waals surface area contributed by atoms with Crippen LogP contribution < -0.4 is 4.90 Å². The molecule has 1 amide bonds. The summed E-state index contributed by atoms with van der Waals surface area (Å²) in [6, 6.07) is 0.288. The van der Waals surface area contributed by atoms with Crippen molar-refractivity contribution in [3.63, 3.8) is 0 Å². The fraction of sp³-hybridized carbons (Fsp3) is 0.667. The SMILES string of the molecule is CC(=O)N(c1nnc(SC(C)c2nc(C(C)(C)C)no2)s1)C1CC1. The fourth-order valence-corrected chi connectivity index (χ4v) is 4.27. The van der Waals surface area contributed by atoms with E-state index in [-0.39, 0.29) is 22.6 Å². The van der Waals surface area contributed by atoms with E-state index in [0.29, 0.717) is 16.8 Å². The second-order valence-electron chi connectivity index (χ2n) is 6.94. The van der Waals surface area contributed by atoms with E-state index in [9.17, 15) is 4.79 Å². The number of anilines is 1. The average molecular weight is 368 g/mol. The zero-order valence-corrected chi connectivity index (χ0v) is 16.1. The molecule has 0 spiro atoms. The van der Waals surface area contributed by atoms with E-state index in [0.717, 1.165) is 17.2 Å². The van der Waals surface area contributed by atoms with Crippen LogP contribution >= 0.6 is 23.1 Å². The van der Waals surface area contributed by atoms with Gasteiger partial charge in [0.05, 0.1) is 5.25 Å². The number of rotatable bonds is 5. The molecule has 0 N–H and O–H groups in total. The summed E-state index contributed by atoms with van der Waals surface area (Å²) in [6.07, 6.45) is 2.07. The summed E-state index contributed by atoms with van der Waals surface area (Å²) in [5.74, 6) is 1.29. The van der Waals surface area contributed by atoms with Gasteiger partial charge in [-0.25, -0.2) is 0 Å². The number of thioether (sulfide) groups is 1. The number of hydrogen-bond acceptors (Lipinski definition) is 8. The highest BCUT2D eigenvalue weighted by Crippen LogP contribution is 2.40. The second kappa shape index (κ2) is 6.44. The molecule has 1 unspecified atom stereocenters. The highest BCUT2D eigenvalue weighted by Gasteiger charge is 2.34. The maximum atomic E-state index is 11.8. The molecule has 3 rings (SSSR count). The Morgan fingerprint density at radius 3 is 2.62 bits per heavy atom. The molecule has 0 radical (unpaired) electrons. The standard InChI is InChI=1S/C15H21N5O2S2/c1-8(11-16-12(19-22-11)15(3,4)5)23-14-18-17-13(24-14)20(9(2)21)10-6-7-10/h8,10H,6-7H2,1-5H3. The molecule has 7 nitrogen and oxygen atoms in total. The van der Waals surface area contributed by atoms with Gasteiger partial charge in [-0.15, -0.1) is 10.2 Å². The number of aromatic nitrogens is 4. The lowest BCUT2D eigenvalue weighted by Crippen LogP contribution is -2.30. The Morgan fingerprint density at radius 1 is 1.38 bits per heavy atom.